The van der Waals surface area contributed by atoms with Crippen molar-refractivity contribution in [3.63, 3.8) is 0 Å². The van der Waals surface area contributed by atoms with E-state index in [2.05, 4.69) is 4.18 Å². The first-order chi connectivity index (χ1) is 12.0. The molecule has 148 valence electrons. The second-order valence-corrected chi connectivity index (χ2v) is 10.8. The number of alkyl halides is 3. The van der Waals surface area contributed by atoms with Crippen LogP contribution in [0, 0.1) is 0 Å². The van der Waals surface area contributed by atoms with Gasteiger partial charge in [-0.15, -0.1) is 0 Å². The molecule has 1 aromatic rings. The van der Waals surface area contributed by atoms with Crippen LogP contribution in [0.3, 0.4) is 0 Å². The van der Waals surface area contributed by atoms with Gasteiger partial charge in [0, 0.05) is 10.9 Å². The summed E-state index contributed by atoms with van der Waals surface area (Å²) in [5.41, 5.74) is -5.76. The van der Waals surface area contributed by atoms with Crippen molar-refractivity contribution >= 4 is 31.2 Å². The lowest BCUT2D eigenvalue weighted by molar-refractivity contribution is -0.0442. The van der Waals surface area contributed by atoms with E-state index in [-0.39, 0.29) is 17.5 Å². The Morgan fingerprint density at radius 2 is 1.58 bits per heavy atom. The molecule has 13 heteroatoms. The van der Waals surface area contributed by atoms with Crippen LogP contribution < -0.4 is 8.86 Å². The van der Waals surface area contributed by atoms with Crippen molar-refractivity contribution < 1.29 is 38.9 Å². The Hall–Kier alpha value is -1.02. The molecule has 1 saturated heterocycles. The minimum absolute atomic E-state index is 0.248. The van der Waals surface area contributed by atoms with E-state index in [0.717, 1.165) is 0 Å². The SMILES string of the molecule is O=S(=O)(NS(=O)(=O)C(F)(F)F)OCCOc1ccc([S+]2CCCC2)cc1. The van der Waals surface area contributed by atoms with E-state index >= 15 is 0 Å². The van der Waals surface area contributed by atoms with Gasteiger partial charge in [-0.1, -0.05) is 4.13 Å². The normalized spacial score (nSPS) is 16.7. The summed E-state index contributed by atoms with van der Waals surface area (Å²) in [7, 11) is -10.9. The number of hydrogen-bond donors (Lipinski definition) is 1. The van der Waals surface area contributed by atoms with Gasteiger partial charge in [-0.3, -0.25) is 4.18 Å². The van der Waals surface area contributed by atoms with E-state index in [9.17, 15) is 30.0 Å². The minimum Gasteiger partial charge on any atom is -0.491 e. The highest BCUT2D eigenvalue weighted by Crippen LogP contribution is 2.25. The Balaban J connectivity index is 1.79. The largest absolute Gasteiger partial charge is 0.512 e. The van der Waals surface area contributed by atoms with Gasteiger partial charge in [0.1, 0.15) is 30.5 Å². The van der Waals surface area contributed by atoms with Crippen molar-refractivity contribution in [2.24, 2.45) is 0 Å². The van der Waals surface area contributed by atoms with Crippen LogP contribution in [0.1, 0.15) is 12.8 Å². The van der Waals surface area contributed by atoms with Gasteiger partial charge in [0.15, 0.2) is 4.90 Å². The third kappa shape index (κ3) is 6.01. The molecule has 1 aliphatic heterocycles. The van der Waals surface area contributed by atoms with Crippen molar-refractivity contribution in [2.45, 2.75) is 23.2 Å². The van der Waals surface area contributed by atoms with Crippen LogP contribution in [0.2, 0.25) is 0 Å². The Labute approximate surface area is 152 Å². The molecule has 1 fully saturated rings. The third-order valence-electron chi connectivity index (χ3n) is 3.30. The van der Waals surface area contributed by atoms with E-state index in [4.69, 9.17) is 4.74 Å². The summed E-state index contributed by atoms with van der Waals surface area (Å²) in [4.78, 5) is 1.22. The van der Waals surface area contributed by atoms with E-state index < -0.39 is 32.4 Å². The topological polar surface area (TPSA) is 98.8 Å². The predicted molar refractivity (Wildman–Crippen MR) is 89.5 cm³/mol. The van der Waals surface area contributed by atoms with Crippen molar-refractivity contribution in [1.82, 2.24) is 4.13 Å². The summed E-state index contributed by atoms with van der Waals surface area (Å²) in [6.45, 7) is -0.952. The van der Waals surface area contributed by atoms with Crippen LogP contribution >= 0.6 is 0 Å². The number of nitrogens with one attached hydrogen (secondary N) is 1. The van der Waals surface area contributed by atoms with E-state index in [1.165, 1.54) is 29.2 Å². The van der Waals surface area contributed by atoms with E-state index in [1.807, 2.05) is 12.1 Å². The number of benzene rings is 1. The molecule has 0 radical (unpaired) electrons. The van der Waals surface area contributed by atoms with Gasteiger partial charge in [-0.2, -0.15) is 21.6 Å². The molecule has 1 aliphatic rings. The molecule has 0 bridgehead atoms. The molecule has 2 rings (SSSR count). The first kappa shape index (κ1) is 21.3. The first-order valence-electron chi connectivity index (χ1n) is 7.40. The fourth-order valence-electron chi connectivity index (χ4n) is 2.13. The fourth-order valence-corrected chi connectivity index (χ4v) is 6.36. The van der Waals surface area contributed by atoms with Crippen LogP contribution in [0.25, 0.3) is 0 Å². The summed E-state index contributed by atoms with van der Waals surface area (Å²) >= 11 is 0. The third-order valence-corrected chi connectivity index (χ3v) is 8.58. The van der Waals surface area contributed by atoms with E-state index in [0.29, 0.717) is 9.88 Å². The number of hydrogen-bond acceptors (Lipinski definition) is 6. The average Bonchev–Trinajstić information content (AvgIpc) is 3.04. The molecule has 7 nitrogen and oxygen atoms in total. The summed E-state index contributed by atoms with van der Waals surface area (Å²) < 4.78 is 90.1. The molecule has 1 heterocycles. The van der Waals surface area contributed by atoms with Gasteiger partial charge in [-0.05, 0) is 37.1 Å². The average molecular weight is 436 g/mol. The lowest BCUT2D eigenvalue weighted by Gasteiger charge is -2.10. The van der Waals surface area contributed by atoms with Crippen LogP contribution in [-0.4, -0.2) is 47.1 Å². The van der Waals surface area contributed by atoms with Crippen molar-refractivity contribution in [3.8, 4) is 5.75 Å². The fraction of sp³-hybridized carbons (Fsp3) is 0.538. The lowest BCUT2D eigenvalue weighted by atomic mass is 10.3. The summed E-state index contributed by atoms with van der Waals surface area (Å²) in [6.07, 6.45) is 2.43. The second-order valence-electron chi connectivity index (χ2n) is 5.24. The molecule has 0 atom stereocenters. The van der Waals surface area contributed by atoms with Gasteiger partial charge in [-0.25, -0.2) is 8.42 Å². The molecule has 0 unspecified atom stereocenters. The van der Waals surface area contributed by atoms with Gasteiger partial charge in [0.2, 0.25) is 0 Å². The van der Waals surface area contributed by atoms with E-state index in [1.54, 1.807) is 12.1 Å². The zero-order chi connectivity index (χ0) is 19.4. The quantitative estimate of drug-likeness (QED) is 0.490. The molecule has 26 heavy (non-hydrogen) atoms. The van der Waals surface area contributed by atoms with Gasteiger partial charge >= 0.3 is 25.8 Å². The maximum atomic E-state index is 12.1. The summed E-state index contributed by atoms with van der Waals surface area (Å²) in [6, 6.07) is 7.25. The number of sulfonamides is 1. The molecule has 0 aliphatic carbocycles. The number of ether oxygens (including phenoxy) is 1. The Morgan fingerprint density at radius 3 is 2.12 bits per heavy atom. The zero-order valence-corrected chi connectivity index (χ0v) is 15.8. The highest BCUT2D eigenvalue weighted by molar-refractivity contribution is 8.03. The first-order valence-corrected chi connectivity index (χ1v) is 11.9. The molecule has 0 aromatic heterocycles. The maximum Gasteiger partial charge on any atom is 0.512 e. The molecule has 1 aromatic carbocycles. The van der Waals surface area contributed by atoms with Crippen LogP contribution in [0.5, 0.6) is 5.75 Å². The lowest BCUT2D eigenvalue weighted by Crippen LogP contribution is -2.41. The molecule has 1 N–H and O–H groups in total. The highest BCUT2D eigenvalue weighted by atomic mass is 32.3. The smallest absolute Gasteiger partial charge is 0.491 e. The van der Waals surface area contributed by atoms with Crippen molar-refractivity contribution in [1.29, 1.82) is 0 Å². The maximum absolute atomic E-state index is 12.1. The molecule has 0 amide bonds. The highest BCUT2D eigenvalue weighted by Gasteiger charge is 2.48. The molecule has 0 saturated carbocycles. The zero-order valence-electron chi connectivity index (χ0n) is 13.4. The van der Waals surface area contributed by atoms with Crippen LogP contribution in [-0.2, 0) is 35.4 Å². The van der Waals surface area contributed by atoms with Gasteiger partial charge in [0.25, 0.3) is 0 Å². The van der Waals surface area contributed by atoms with Crippen molar-refractivity contribution in [3.05, 3.63) is 24.3 Å². The monoisotopic (exact) mass is 436 g/mol. The molecular formula is C13H17F3NO6S3+. The number of rotatable bonds is 8. The van der Waals surface area contributed by atoms with Crippen LogP contribution in [0.4, 0.5) is 13.2 Å². The summed E-state index contributed by atoms with van der Waals surface area (Å²) in [5, 5.41) is 0. The van der Waals surface area contributed by atoms with Crippen molar-refractivity contribution in [2.75, 3.05) is 24.7 Å². The Kier molecular flexibility index (Phi) is 6.82. The Bertz CT molecular complexity index is 803. The molecular weight excluding hydrogens is 419 g/mol. The summed E-state index contributed by atoms with van der Waals surface area (Å²) in [5.74, 6) is 2.77. The van der Waals surface area contributed by atoms with Gasteiger partial charge in [0.05, 0.1) is 0 Å². The standard InChI is InChI=1S/C13H17F3NO6S3/c14-13(15,16)25(18,19)17-26(20,21)23-8-7-22-11-3-5-12(6-4-11)24-9-1-2-10-24/h3-6,17H,1-2,7-10H2/q+1. The van der Waals surface area contributed by atoms with Crippen LogP contribution in [0.15, 0.2) is 29.2 Å². The minimum atomic E-state index is -6.06. The molecule has 0 spiro atoms. The second kappa shape index (κ2) is 8.33. The van der Waals surface area contributed by atoms with Gasteiger partial charge < -0.3 is 4.74 Å². The predicted octanol–water partition coefficient (Wildman–Crippen LogP) is 1.54. The number of halogens is 3. The Morgan fingerprint density at radius 1 is 1.00 bits per heavy atom.